The number of rotatable bonds is 3. The summed E-state index contributed by atoms with van der Waals surface area (Å²) in [5, 5.41) is 4.20. The van der Waals surface area contributed by atoms with Crippen LogP contribution in [0.15, 0.2) is 40.6 Å². The van der Waals surface area contributed by atoms with Crippen molar-refractivity contribution in [2.75, 3.05) is 17.3 Å². The molecule has 0 amide bonds. The molecule has 0 saturated heterocycles. The van der Waals surface area contributed by atoms with Crippen molar-refractivity contribution >= 4 is 25.4 Å². The lowest BCUT2D eigenvalue weighted by molar-refractivity contribution is 0.601. The molecule has 1 aliphatic heterocycles. The van der Waals surface area contributed by atoms with Crippen molar-refractivity contribution in [3.05, 3.63) is 35.7 Å². The van der Waals surface area contributed by atoms with E-state index >= 15 is 0 Å². The van der Waals surface area contributed by atoms with Crippen molar-refractivity contribution in [1.29, 1.82) is 0 Å². The lowest BCUT2D eigenvalue weighted by atomic mass is 10.2. The molecule has 1 aromatic carbocycles. The second-order valence-corrected chi connectivity index (χ2v) is 8.15. The Hall–Kier alpha value is -1.34. The largest absolute Gasteiger partial charge is 0.378 e. The molecule has 0 bridgehead atoms. The standard InChI is InChI=1S/C11H13NO4S2/c1-17(13,14)11-4-2-9(3-5-11)12-10-6-7-18(15,16)8-10/h2-7,10,12H,8H2,1H3. The van der Waals surface area contributed by atoms with Gasteiger partial charge in [-0.1, -0.05) is 6.08 Å². The monoisotopic (exact) mass is 287 g/mol. The van der Waals surface area contributed by atoms with E-state index < -0.39 is 19.7 Å². The first-order valence-electron chi connectivity index (χ1n) is 5.24. The van der Waals surface area contributed by atoms with Gasteiger partial charge in [-0.15, -0.1) is 0 Å². The van der Waals surface area contributed by atoms with Crippen molar-refractivity contribution in [1.82, 2.24) is 0 Å². The molecule has 2 rings (SSSR count). The van der Waals surface area contributed by atoms with Crippen LogP contribution in [-0.4, -0.2) is 34.9 Å². The first-order chi connectivity index (χ1) is 8.26. The van der Waals surface area contributed by atoms with Crippen LogP contribution in [0.4, 0.5) is 5.69 Å². The van der Waals surface area contributed by atoms with Crippen LogP contribution in [0.3, 0.4) is 0 Å². The number of benzene rings is 1. The highest BCUT2D eigenvalue weighted by Gasteiger charge is 2.21. The lowest BCUT2D eigenvalue weighted by Crippen LogP contribution is -2.20. The van der Waals surface area contributed by atoms with Gasteiger partial charge in [0, 0.05) is 17.4 Å². The van der Waals surface area contributed by atoms with Crippen molar-refractivity contribution in [3.8, 4) is 0 Å². The van der Waals surface area contributed by atoms with Crippen LogP contribution >= 0.6 is 0 Å². The molecule has 0 saturated carbocycles. The van der Waals surface area contributed by atoms with Gasteiger partial charge >= 0.3 is 0 Å². The molecule has 0 fully saturated rings. The Labute approximate surface area is 106 Å². The molecule has 1 N–H and O–H groups in total. The van der Waals surface area contributed by atoms with Crippen LogP contribution < -0.4 is 5.32 Å². The Morgan fingerprint density at radius 3 is 2.28 bits per heavy atom. The quantitative estimate of drug-likeness (QED) is 0.890. The summed E-state index contributed by atoms with van der Waals surface area (Å²) in [5.74, 6) is 0.0286. The van der Waals surface area contributed by atoms with E-state index in [1.807, 2.05) is 0 Å². The van der Waals surface area contributed by atoms with E-state index in [4.69, 9.17) is 0 Å². The highest BCUT2D eigenvalue weighted by atomic mass is 32.2. The van der Waals surface area contributed by atoms with Crippen molar-refractivity contribution in [3.63, 3.8) is 0 Å². The van der Waals surface area contributed by atoms with Crippen LogP contribution in [0, 0.1) is 0 Å². The Balaban J connectivity index is 2.11. The molecule has 1 unspecified atom stereocenters. The van der Waals surface area contributed by atoms with Crippen molar-refractivity contribution in [2.24, 2.45) is 0 Å². The van der Waals surface area contributed by atoms with Crippen LogP contribution in [0.5, 0.6) is 0 Å². The summed E-state index contributed by atoms with van der Waals surface area (Å²) >= 11 is 0. The van der Waals surface area contributed by atoms with E-state index in [0.29, 0.717) is 5.69 Å². The van der Waals surface area contributed by atoms with Gasteiger partial charge in [0.1, 0.15) is 0 Å². The van der Waals surface area contributed by atoms with Gasteiger partial charge in [-0.25, -0.2) is 16.8 Å². The molecule has 1 aromatic rings. The van der Waals surface area contributed by atoms with Gasteiger partial charge in [-0.2, -0.15) is 0 Å². The summed E-state index contributed by atoms with van der Waals surface area (Å²) in [7, 11) is -6.29. The molecule has 18 heavy (non-hydrogen) atoms. The molecular formula is C11H13NO4S2. The zero-order valence-electron chi connectivity index (χ0n) is 9.70. The van der Waals surface area contributed by atoms with Crippen LogP contribution in [0.25, 0.3) is 0 Å². The SMILES string of the molecule is CS(=O)(=O)c1ccc(NC2C=CS(=O)(=O)C2)cc1. The average molecular weight is 287 g/mol. The van der Waals surface area contributed by atoms with E-state index in [1.165, 1.54) is 17.5 Å². The van der Waals surface area contributed by atoms with Gasteiger partial charge in [0.2, 0.25) is 0 Å². The molecular weight excluding hydrogens is 274 g/mol. The van der Waals surface area contributed by atoms with Crippen LogP contribution in [-0.2, 0) is 19.7 Å². The van der Waals surface area contributed by atoms with Crippen molar-refractivity contribution in [2.45, 2.75) is 10.9 Å². The zero-order valence-corrected chi connectivity index (χ0v) is 11.3. The summed E-state index contributed by atoms with van der Waals surface area (Å²) in [5.41, 5.74) is 0.689. The minimum atomic E-state index is -3.20. The summed E-state index contributed by atoms with van der Waals surface area (Å²) in [6, 6.07) is 5.96. The number of sulfone groups is 2. The zero-order chi connectivity index (χ0) is 13.4. The van der Waals surface area contributed by atoms with Gasteiger partial charge in [-0.3, -0.25) is 0 Å². The minimum absolute atomic E-state index is 0.0286. The first kappa shape index (κ1) is 13.1. The number of anilines is 1. The minimum Gasteiger partial charge on any atom is -0.378 e. The highest BCUT2D eigenvalue weighted by Crippen LogP contribution is 2.17. The van der Waals surface area contributed by atoms with Crippen LogP contribution in [0.2, 0.25) is 0 Å². The Kier molecular flexibility index (Phi) is 3.20. The normalized spacial score (nSPS) is 21.9. The molecule has 98 valence electrons. The molecule has 0 radical (unpaired) electrons. The number of hydrogen-bond acceptors (Lipinski definition) is 5. The fraction of sp³-hybridized carbons (Fsp3) is 0.273. The number of hydrogen-bond donors (Lipinski definition) is 1. The molecule has 1 heterocycles. The van der Waals surface area contributed by atoms with E-state index in [2.05, 4.69) is 5.32 Å². The molecule has 5 nitrogen and oxygen atoms in total. The number of nitrogens with one attached hydrogen (secondary N) is 1. The van der Waals surface area contributed by atoms with Gasteiger partial charge in [-0.05, 0) is 24.3 Å². The van der Waals surface area contributed by atoms with E-state index in [1.54, 1.807) is 18.2 Å². The Bertz CT molecular complexity index is 672. The molecule has 0 spiro atoms. The third-order valence-corrected chi connectivity index (χ3v) is 5.09. The second-order valence-electron chi connectivity index (χ2n) is 4.21. The van der Waals surface area contributed by atoms with E-state index in [0.717, 1.165) is 6.26 Å². The average Bonchev–Trinajstić information content (AvgIpc) is 2.57. The van der Waals surface area contributed by atoms with Gasteiger partial charge in [0.25, 0.3) is 0 Å². The summed E-state index contributed by atoms with van der Waals surface area (Å²) in [6.07, 6.45) is 2.72. The molecule has 7 heteroatoms. The maximum Gasteiger partial charge on any atom is 0.175 e. The summed E-state index contributed by atoms with van der Waals surface area (Å²) in [4.78, 5) is 0.239. The van der Waals surface area contributed by atoms with Gasteiger partial charge in [0.05, 0.1) is 16.7 Å². The van der Waals surface area contributed by atoms with Crippen molar-refractivity contribution < 1.29 is 16.8 Å². The maximum atomic E-state index is 11.3. The fourth-order valence-electron chi connectivity index (χ4n) is 1.68. The predicted octanol–water partition coefficient (Wildman–Crippen LogP) is 0.813. The van der Waals surface area contributed by atoms with E-state index in [-0.39, 0.29) is 16.7 Å². The highest BCUT2D eigenvalue weighted by molar-refractivity contribution is 7.94. The Morgan fingerprint density at radius 2 is 1.83 bits per heavy atom. The Morgan fingerprint density at radius 1 is 1.22 bits per heavy atom. The maximum absolute atomic E-state index is 11.3. The predicted molar refractivity (Wildman–Crippen MR) is 69.9 cm³/mol. The summed E-state index contributed by atoms with van der Waals surface area (Å²) < 4.78 is 44.9. The third-order valence-electron chi connectivity index (χ3n) is 2.56. The molecule has 0 aromatic heterocycles. The molecule has 1 atom stereocenters. The first-order valence-corrected chi connectivity index (χ1v) is 8.85. The topological polar surface area (TPSA) is 80.3 Å². The third kappa shape index (κ3) is 3.11. The van der Waals surface area contributed by atoms with Crippen LogP contribution in [0.1, 0.15) is 0 Å². The molecule has 0 aliphatic carbocycles. The molecule has 1 aliphatic rings. The second kappa shape index (κ2) is 4.40. The fourth-order valence-corrected chi connectivity index (χ4v) is 3.54. The smallest absolute Gasteiger partial charge is 0.175 e. The summed E-state index contributed by atoms with van der Waals surface area (Å²) in [6.45, 7) is 0. The lowest BCUT2D eigenvalue weighted by Gasteiger charge is -2.11. The van der Waals surface area contributed by atoms with E-state index in [9.17, 15) is 16.8 Å². The van der Waals surface area contributed by atoms with Gasteiger partial charge in [0.15, 0.2) is 19.7 Å². The van der Waals surface area contributed by atoms with Gasteiger partial charge < -0.3 is 5.32 Å².